The molecule has 1 aromatic rings. The minimum absolute atomic E-state index is 0.125. The number of carbonyl (C=O) groups is 2. The molecule has 0 aromatic heterocycles. The van der Waals surface area contributed by atoms with Crippen LogP contribution >= 0.6 is 0 Å². The summed E-state index contributed by atoms with van der Waals surface area (Å²) in [6.07, 6.45) is 0.699. The number of hydrogen-bond acceptors (Lipinski definition) is 6. The van der Waals surface area contributed by atoms with Gasteiger partial charge in [0.25, 0.3) is 0 Å². The van der Waals surface area contributed by atoms with E-state index in [0.717, 1.165) is 45.0 Å². The van der Waals surface area contributed by atoms with Gasteiger partial charge in [0.15, 0.2) is 0 Å². The fraction of sp³-hybridized carbons (Fsp3) is 0.579. The van der Waals surface area contributed by atoms with Gasteiger partial charge in [-0.05, 0) is 50.7 Å². The van der Waals surface area contributed by atoms with Crippen LogP contribution in [0.25, 0.3) is 0 Å². The Labute approximate surface area is 159 Å². The quantitative estimate of drug-likeness (QED) is 0.497. The summed E-state index contributed by atoms with van der Waals surface area (Å²) in [4.78, 5) is 25.9. The fourth-order valence-corrected chi connectivity index (χ4v) is 2.85. The normalized spacial score (nSPS) is 15.9. The lowest BCUT2D eigenvalue weighted by Crippen LogP contribution is -2.42. The molecule has 0 saturated carbocycles. The molecule has 8 heteroatoms. The first kappa shape index (κ1) is 21.1. The van der Waals surface area contributed by atoms with Gasteiger partial charge < -0.3 is 25.2 Å². The van der Waals surface area contributed by atoms with Crippen LogP contribution in [0.1, 0.15) is 19.8 Å². The van der Waals surface area contributed by atoms with Gasteiger partial charge in [-0.25, -0.2) is 0 Å². The minimum Gasteiger partial charge on any atom is -0.494 e. The van der Waals surface area contributed by atoms with Gasteiger partial charge in [-0.1, -0.05) is 0 Å². The number of hydrogen-bond donors (Lipinski definition) is 3. The number of rotatable bonds is 11. The Morgan fingerprint density at radius 1 is 1.26 bits per heavy atom. The lowest BCUT2D eigenvalue weighted by atomic mass is 10.2. The molecule has 1 heterocycles. The molecule has 1 fully saturated rings. The second kappa shape index (κ2) is 11.5. The van der Waals surface area contributed by atoms with E-state index in [1.807, 2.05) is 6.92 Å². The summed E-state index contributed by atoms with van der Waals surface area (Å²) in [5.74, 6) is -0.642. The molecule has 0 radical (unpaired) electrons. The molecule has 0 aliphatic carbocycles. The third-order valence-corrected chi connectivity index (χ3v) is 4.28. The molecule has 3 N–H and O–H groups in total. The fourth-order valence-electron chi connectivity index (χ4n) is 2.85. The maximum atomic E-state index is 12.2. The van der Waals surface area contributed by atoms with Crippen LogP contribution in [0.2, 0.25) is 0 Å². The maximum Gasteiger partial charge on any atom is 0.321 e. The van der Waals surface area contributed by atoms with Crippen molar-refractivity contribution in [3.05, 3.63) is 24.3 Å². The molecule has 1 atom stereocenters. The number of carboxylic acids is 1. The first-order valence-electron chi connectivity index (χ1n) is 9.37. The third-order valence-electron chi connectivity index (χ3n) is 4.28. The van der Waals surface area contributed by atoms with Crippen molar-refractivity contribution in [2.45, 2.75) is 25.8 Å². The van der Waals surface area contributed by atoms with Crippen LogP contribution in [0.3, 0.4) is 0 Å². The number of aliphatic carboxylic acids is 1. The SMILES string of the molecule is CCOc1ccc(NC(=O)CC(NCCCN2CCOCC2)C(=O)O)cc1. The van der Waals surface area contributed by atoms with Crippen molar-refractivity contribution >= 4 is 17.6 Å². The summed E-state index contributed by atoms with van der Waals surface area (Å²) in [7, 11) is 0. The molecule has 27 heavy (non-hydrogen) atoms. The maximum absolute atomic E-state index is 12.2. The van der Waals surface area contributed by atoms with Gasteiger partial charge in [-0.3, -0.25) is 14.5 Å². The van der Waals surface area contributed by atoms with Crippen molar-refractivity contribution in [3.63, 3.8) is 0 Å². The highest BCUT2D eigenvalue weighted by Gasteiger charge is 2.20. The highest BCUT2D eigenvalue weighted by Crippen LogP contribution is 2.16. The number of amides is 1. The van der Waals surface area contributed by atoms with Crippen LogP contribution < -0.4 is 15.4 Å². The number of carbonyl (C=O) groups excluding carboxylic acids is 1. The first-order valence-corrected chi connectivity index (χ1v) is 9.37. The van der Waals surface area contributed by atoms with E-state index in [-0.39, 0.29) is 12.3 Å². The minimum atomic E-state index is -1.02. The van der Waals surface area contributed by atoms with E-state index in [9.17, 15) is 14.7 Å². The van der Waals surface area contributed by atoms with Crippen LogP contribution in [-0.4, -0.2) is 73.9 Å². The number of anilines is 1. The zero-order chi connectivity index (χ0) is 19.5. The number of carboxylic acid groups (broad SMARTS) is 1. The summed E-state index contributed by atoms with van der Waals surface area (Å²) in [6, 6.07) is 6.08. The predicted octanol–water partition coefficient (Wildman–Crippen LogP) is 1.18. The number of morpholine rings is 1. The Morgan fingerprint density at radius 2 is 1.96 bits per heavy atom. The first-order chi connectivity index (χ1) is 13.1. The Hall–Kier alpha value is -2.16. The third kappa shape index (κ3) is 7.94. The molecule has 1 aliphatic rings. The molecule has 1 saturated heterocycles. The largest absolute Gasteiger partial charge is 0.494 e. The Bertz CT molecular complexity index is 588. The molecule has 1 amide bonds. The smallest absolute Gasteiger partial charge is 0.321 e. The second-order valence-corrected chi connectivity index (χ2v) is 6.36. The van der Waals surface area contributed by atoms with Gasteiger partial charge in [0, 0.05) is 18.8 Å². The van der Waals surface area contributed by atoms with Crippen LogP contribution in [0.4, 0.5) is 5.69 Å². The lowest BCUT2D eigenvalue weighted by Gasteiger charge is -2.26. The summed E-state index contributed by atoms with van der Waals surface area (Å²) in [5, 5.41) is 15.0. The number of nitrogens with one attached hydrogen (secondary N) is 2. The van der Waals surface area contributed by atoms with E-state index in [1.165, 1.54) is 0 Å². The van der Waals surface area contributed by atoms with E-state index in [4.69, 9.17) is 9.47 Å². The highest BCUT2D eigenvalue weighted by molar-refractivity contribution is 5.94. The molecule has 150 valence electrons. The van der Waals surface area contributed by atoms with Crippen molar-refractivity contribution in [1.29, 1.82) is 0 Å². The van der Waals surface area contributed by atoms with Crippen LogP contribution in [-0.2, 0) is 14.3 Å². The van der Waals surface area contributed by atoms with Crippen LogP contribution in [0.15, 0.2) is 24.3 Å². The Morgan fingerprint density at radius 3 is 2.59 bits per heavy atom. The molecule has 1 aliphatic heterocycles. The number of nitrogens with zero attached hydrogens (tertiary/aromatic N) is 1. The second-order valence-electron chi connectivity index (χ2n) is 6.36. The lowest BCUT2D eigenvalue weighted by molar-refractivity contribution is -0.141. The van der Waals surface area contributed by atoms with Gasteiger partial charge in [0.05, 0.1) is 26.2 Å². The number of benzene rings is 1. The Kier molecular flexibility index (Phi) is 9.03. The average Bonchev–Trinajstić information content (AvgIpc) is 2.66. The van der Waals surface area contributed by atoms with Gasteiger partial charge in [-0.2, -0.15) is 0 Å². The number of ether oxygens (including phenoxy) is 2. The van der Waals surface area contributed by atoms with E-state index < -0.39 is 12.0 Å². The van der Waals surface area contributed by atoms with Gasteiger partial charge >= 0.3 is 5.97 Å². The monoisotopic (exact) mass is 379 g/mol. The topological polar surface area (TPSA) is 100 Å². The molecule has 1 aromatic carbocycles. The molecule has 1 unspecified atom stereocenters. The van der Waals surface area contributed by atoms with Gasteiger partial charge in [0.2, 0.25) is 5.91 Å². The summed E-state index contributed by atoms with van der Waals surface area (Å²) in [6.45, 7) is 7.22. The average molecular weight is 379 g/mol. The van der Waals surface area contributed by atoms with Crippen molar-refractivity contribution in [2.75, 3.05) is 51.3 Å². The molecule has 0 bridgehead atoms. The van der Waals surface area contributed by atoms with E-state index in [1.54, 1.807) is 24.3 Å². The molecular formula is C19H29N3O5. The Balaban J connectivity index is 1.71. The van der Waals surface area contributed by atoms with E-state index in [0.29, 0.717) is 18.8 Å². The van der Waals surface area contributed by atoms with E-state index in [2.05, 4.69) is 15.5 Å². The van der Waals surface area contributed by atoms with Crippen LogP contribution in [0, 0.1) is 0 Å². The summed E-state index contributed by atoms with van der Waals surface area (Å²) in [5.41, 5.74) is 0.611. The van der Waals surface area contributed by atoms with Crippen molar-refractivity contribution in [3.8, 4) is 5.75 Å². The molecular weight excluding hydrogens is 350 g/mol. The summed E-state index contributed by atoms with van der Waals surface area (Å²) >= 11 is 0. The van der Waals surface area contributed by atoms with Gasteiger partial charge in [-0.15, -0.1) is 0 Å². The predicted molar refractivity (Wildman–Crippen MR) is 102 cm³/mol. The molecule has 8 nitrogen and oxygen atoms in total. The zero-order valence-corrected chi connectivity index (χ0v) is 15.8. The van der Waals surface area contributed by atoms with Crippen molar-refractivity contribution < 1.29 is 24.2 Å². The highest BCUT2D eigenvalue weighted by atomic mass is 16.5. The summed E-state index contributed by atoms with van der Waals surface area (Å²) < 4.78 is 10.7. The standard InChI is InChI=1S/C19H29N3O5/c1-2-27-16-6-4-15(5-7-16)21-18(23)14-17(19(24)25)20-8-3-9-22-10-12-26-13-11-22/h4-7,17,20H,2-3,8-14H2,1H3,(H,21,23)(H,24,25). The van der Waals surface area contributed by atoms with Crippen molar-refractivity contribution in [2.24, 2.45) is 0 Å². The van der Waals surface area contributed by atoms with Gasteiger partial charge in [0.1, 0.15) is 11.8 Å². The van der Waals surface area contributed by atoms with E-state index >= 15 is 0 Å². The van der Waals surface area contributed by atoms with Crippen LogP contribution in [0.5, 0.6) is 5.75 Å². The molecule has 0 spiro atoms. The zero-order valence-electron chi connectivity index (χ0n) is 15.8. The van der Waals surface area contributed by atoms with Crippen molar-refractivity contribution in [1.82, 2.24) is 10.2 Å². The molecule has 2 rings (SSSR count).